The van der Waals surface area contributed by atoms with Crippen molar-refractivity contribution in [1.82, 2.24) is 9.97 Å². The van der Waals surface area contributed by atoms with Gasteiger partial charge in [0.15, 0.2) is 11.5 Å². The van der Waals surface area contributed by atoms with Crippen molar-refractivity contribution in [3.8, 4) is 22.8 Å². The van der Waals surface area contributed by atoms with Gasteiger partial charge in [-0.1, -0.05) is 42.0 Å². The Bertz CT molecular complexity index is 1370. The number of benzene rings is 3. The number of fused-ring (bicyclic) bond motifs is 2. The van der Waals surface area contributed by atoms with E-state index >= 15 is 0 Å². The van der Waals surface area contributed by atoms with E-state index in [4.69, 9.17) is 9.47 Å². The topological polar surface area (TPSA) is 112 Å². The van der Waals surface area contributed by atoms with Crippen LogP contribution in [0.25, 0.3) is 22.2 Å². The first-order chi connectivity index (χ1) is 15.6. The van der Waals surface area contributed by atoms with Crippen molar-refractivity contribution in [2.45, 2.75) is 6.92 Å². The molecule has 0 unspecified atom stereocenters. The Balaban J connectivity index is 1.51. The zero-order valence-electron chi connectivity index (χ0n) is 17.0. The van der Waals surface area contributed by atoms with Gasteiger partial charge in [-0.3, -0.25) is 10.1 Å². The zero-order valence-corrected chi connectivity index (χ0v) is 17.0. The minimum atomic E-state index is -0.494. The zero-order chi connectivity index (χ0) is 22.1. The third-order valence-corrected chi connectivity index (χ3v) is 4.99. The predicted molar refractivity (Wildman–Crippen MR) is 120 cm³/mol. The van der Waals surface area contributed by atoms with Crippen LogP contribution in [-0.2, 0) is 0 Å². The quantitative estimate of drug-likeness (QED) is 0.279. The highest BCUT2D eigenvalue weighted by molar-refractivity contribution is 5.93. The van der Waals surface area contributed by atoms with E-state index in [2.05, 4.69) is 20.5 Å². The number of nitrogens with one attached hydrogen (secondary N) is 1. The Morgan fingerprint density at radius 3 is 2.62 bits per heavy atom. The average molecular weight is 427 g/mol. The van der Waals surface area contributed by atoms with Gasteiger partial charge in [-0.05, 0) is 25.1 Å². The lowest BCUT2D eigenvalue weighted by molar-refractivity contribution is -0.385. The predicted octanol–water partition coefficient (Wildman–Crippen LogP) is 4.69. The smallest absolute Gasteiger partial charge is 0.282 e. The SMILES string of the molecule is Cc1ccc2nc(NN=Cc3cc4c(cc3[N+](=O)[O-])OCO4)nc(-c3ccccc3)c2c1. The molecule has 0 aliphatic carbocycles. The Morgan fingerprint density at radius 2 is 1.84 bits per heavy atom. The number of nitro groups is 1. The van der Waals surface area contributed by atoms with Gasteiger partial charge in [0.1, 0.15) is 0 Å². The average Bonchev–Trinajstić information content (AvgIpc) is 3.26. The second-order valence-corrected chi connectivity index (χ2v) is 7.17. The summed E-state index contributed by atoms with van der Waals surface area (Å²) in [4.78, 5) is 20.1. The van der Waals surface area contributed by atoms with Crippen molar-refractivity contribution >= 4 is 28.8 Å². The fraction of sp³-hybridized carbons (Fsp3) is 0.0870. The van der Waals surface area contributed by atoms with Gasteiger partial charge >= 0.3 is 0 Å². The highest BCUT2D eigenvalue weighted by atomic mass is 16.7. The number of rotatable bonds is 5. The van der Waals surface area contributed by atoms with Crippen LogP contribution in [0.5, 0.6) is 11.5 Å². The van der Waals surface area contributed by atoms with Crippen molar-refractivity contribution in [3.63, 3.8) is 0 Å². The summed E-state index contributed by atoms with van der Waals surface area (Å²) < 4.78 is 10.5. The van der Waals surface area contributed by atoms with Crippen LogP contribution in [0.1, 0.15) is 11.1 Å². The van der Waals surface area contributed by atoms with Gasteiger partial charge in [-0.2, -0.15) is 5.10 Å². The van der Waals surface area contributed by atoms with Crippen molar-refractivity contribution in [1.29, 1.82) is 0 Å². The van der Waals surface area contributed by atoms with Crippen LogP contribution in [0.4, 0.5) is 11.6 Å². The number of nitrogens with zero attached hydrogens (tertiary/aromatic N) is 4. The molecule has 0 radical (unpaired) electrons. The van der Waals surface area contributed by atoms with Crippen LogP contribution in [0.2, 0.25) is 0 Å². The van der Waals surface area contributed by atoms with E-state index in [1.165, 1.54) is 18.3 Å². The van der Waals surface area contributed by atoms with Gasteiger partial charge in [0, 0.05) is 10.9 Å². The third-order valence-electron chi connectivity index (χ3n) is 4.99. The van der Waals surface area contributed by atoms with Crippen LogP contribution in [0.3, 0.4) is 0 Å². The molecule has 2 heterocycles. The van der Waals surface area contributed by atoms with E-state index in [-0.39, 0.29) is 24.0 Å². The normalized spacial score (nSPS) is 12.4. The highest BCUT2D eigenvalue weighted by Crippen LogP contribution is 2.37. The first kappa shape index (κ1) is 19.4. The highest BCUT2D eigenvalue weighted by Gasteiger charge is 2.22. The molecule has 1 aliphatic rings. The summed E-state index contributed by atoms with van der Waals surface area (Å²) in [6, 6.07) is 18.6. The molecule has 0 atom stereocenters. The lowest BCUT2D eigenvalue weighted by Gasteiger charge is -2.09. The number of aryl methyl sites for hydroxylation is 1. The molecule has 3 aromatic carbocycles. The van der Waals surface area contributed by atoms with Gasteiger partial charge in [-0.25, -0.2) is 15.4 Å². The van der Waals surface area contributed by atoms with Crippen LogP contribution in [0.15, 0.2) is 65.8 Å². The van der Waals surface area contributed by atoms with Crippen LogP contribution < -0.4 is 14.9 Å². The number of hydrogen-bond donors (Lipinski definition) is 1. The summed E-state index contributed by atoms with van der Waals surface area (Å²) in [5.41, 5.74) is 6.51. The van der Waals surface area contributed by atoms with Crippen molar-refractivity contribution in [2.24, 2.45) is 5.10 Å². The summed E-state index contributed by atoms with van der Waals surface area (Å²) >= 11 is 0. The Morgan fingerprint density at radius 1 is 1.06 bits per heavy atom. The molecule has 0 saturated heterocycles. The molecular weight excluding hydrogens is 410 g/mol. The van der Waals surface area contributed by atoms with Crippen molar-refractivity contribution in [2.75, 3.05) is 12.2 Å². The standard InChI is InChI=1S/C23H17N5O4/c1-14-7-8-18-17(9-14)22(15-5-3-2-4-6-15)26-23(25-18)27-24-12-16-10-20-21(32-13-31-20)11-19(16)28(29)30/h2-12H,13H2,1H3,(H,25,26,27). The molecule has 0 amide bonds. The maximum absolute atomic E-state index is 11.4. The molecule has 0 saturated carbocycles. The summed E-state index contributed by atoms with van der Waals surface area (Å²) in [6.07, 6.45) is 1.34. The van der Waals surface area contributed by atoms with E-state index in [1.807, 2.05) is 55.5 Å². The first-order valence-electron chi connectivity index (χ1n) is 9.79. The third kappa shape index (κ3) is 3.67. The second kappa shape index (κ2) is 7.95. The molecule has 1 N–H and O–H groups in total. The monoisotopic (exact) mass is 427 g/mol. The molecule has 9 heteroatoms. The maximum atomic E-state index is 11.4. The van der Waals surface area contributed by atoms with Gasteiger partial charge < -0.3 is 9.47 Å². The number of hydrazone groups is 1. The molecule has 0 bridgehead atoms. The number of hydrogen-bond acceptors (Lipinski definition) is 8. The molecule has 1 aromatic heterocycles. The second-order valence-electron chi connectivity index (χ2n) is 7.17. The summed E-state index contributed by atoms with van der Waals surface area (Å²) in [6.45, 7) is 2.04. The minimum absolute atomic E-state index is 0.0258. The lowest BCUT2D eigenvalue weighted by atomic mass is 10.0. The minimum Gasteiger partial charge on any atom is -0.454 e. The Hall–Kier alpha value is -4.53. The van der Waals surface area contributed by atoms with Gasteiger partial charge in [0.05, 0.1) is 34.0 Å². The van der Waals surface area contributed by atoms with E-state index in [1.54, 1.807) is 0 Å². The number of nitro benzene ring substituents is 1. The van der Waals surface area contributed by atoms with Gasteiger partial charge in [-0.15, -0.1) is 0 Å². The van der Waals surface area contributed by atoms with E-state index in [9.17, 15) is 10.1 Å². The molecule has 0 spiro atoms. The largest absolute Gasteiger partial charge is 0.454 e. The van der Waals surface area contributed by atoms with Crippen molar-refractivity contribution in [3.05, 3.63) is 81.9 Å². The summed E-state index contributed by atoms with van der Waals surface area (Å²) in [7, 11) is 0. The van der Waals surface area contributed by atoms with Crippen LogP contribution in [0, 0.1) is 17.0 Å². The van der Waals surface area contributed by atoms with Crippen LogP contribution in [-0.4, -0.2) is 27.9 Å². The molecule has 32 heavy (non-hydrogen) atoms. The van der Waals surface area contributed by atoms with Crippen LogP contribution >= 0.6 is 0 Å². The maximum Gasteiger partial charge on any atom is 0.282 e. The number of ether oxygens (including phenoxy) is 2. The van der Waals surface area contributed by atoms with Gasteiger partial charge in [0.25, 0.3) is 5.69 Å². The molecule has 158 valence electrons. The fourth-order valence-electron chi connectivity index (χ4n) is 3.48. The Kier molecular flexibility index (Phi) is 4.83. The molecule has 4 aromatic rings. The molecular formula is C23H17N5O4. The first-order valence-corrected chi connectivity index (χ1v) is 9.79. The molecule has 9 nitrogen and oxygen atoms in total. The lowest BCUT2D eigenvalue weighted by Crippen LogP contribution is -2.01. The Labute approximate surface area is 182 Å². The number of anilines is 1. The fourth-order valence-corrected chi connectivity index (χ4v) is 3.48. The summed E-state index contributed by atoms with van der Waals surface area (Å²) in [5.74, 6) is 1.04. The molecule has 5 rings (SSSR count). The van der Waals surface area contributed by atoms with Crippen molar-refractivity contribution < 1.29 is 14.4 Å². The van der Waals surface area contributed by atoms with Gasteiger partial charge in [0.2, 0.25) is 12.7 Å². The van der Waals surface area contributed by atoms with E-state index in [0.717, 1.165) is 27.7 Å². The summed E-state index contributed by atoms with van der Waals surface area (Å²) in [5, 5.41) is 16.5. The van der Waals surface area contributed by atoms with E-state index < -0.39 is 4.92 Å². The molecule has 1 aliphatic heterocycles. The molecule has 0 fully saturated rings. The number of aromatic nitrogens is 2. The van der Waals surface area contributed by atoms with E-state index in [0.29, 0.717) is 11.5 Å².